The minimum Gasteiger partial charge on any atom is -0.488 e. The molecule has 1 heterocycles. The van der Waals surface area contributed by atoms with Crippen LogP contribution in [0.4, 0.5) is 10.5 Å². The average Bonchev–Trinajstić information content (AvgIpc) is 2.77. The molecule has 166 valence electrons. The van der Waals surface area contributed by atoms with Crippen LogP contribution in [0.3, 0.4) is 0 Å². The van der Waals surface area contributed by atoms with Gasteiger partial charge >= 0.3 is 6.03 Å². The predicted octanol–water partition coefficient (Wildman–Crippen LogP) is 5.31. The number of carbonyl (C=O) groups is 3. The molecule has 0 aromatic heterocycles. The van der Waals surface area contributed by atoms with Crippen LogP contribution >= 0.6 is 15.9 Å². The first kappa shape index (κ1) is 22.5. The number of aryl methyl sites for hydroxylation is 2. The molecule has 0 spiro atoms. The van der Waals surface area contributed by atoms with Crippen LogP contribution in [0.15, 0.2) is 76.8 Å². The molecule has 7 heteroatoms. The van der Waals surface area contributed by atoms with Gasteiger partial charge in [0.1, 0.15) is 17.9 Å². The summed E-state index contributed by atoms with van der Waals surface area (Å²) < 4.78 is 6.58. The minimum absolute atomic E-state index is 0.127. The van der Waals surface area contributed by atoms with E-state index in [-0.39, 0.29) is 5.57 Å². The lowest BCUT2D eigenvalue weighted by Gasteiger charge is -2.27. The largest absolute Gasteiger partial charge is 0.488 e. The molecule has 1 saturated heterocycles. The molecular formula is C26H21BrN2O4. The number of barbiturate groups is 1. The van der Waals surface area contributed by atoms with Crippen molar-refractivity contribution in [2.45, 2.75) is 20.5 Å². The first-order chi connectivity index (χ1) is 15.8. The van der Waals surface area contributed by atoms with Gasteiger partial charge in [0.2, 0.25) is 0 Å². The van der Waals surface area contributed by atoms with E-state index in [2.05, 4.69) is 27.3 Å². The first-order valence-electron chi connectivity index (χ1n) is 10.3. The number of para-hydroxylation sites is 1. The zero-order chi connectivity index (χ0) is 23.5. The minimum atomic E-state index is -0.766. The highest BCUT2D eigenvalue weighted by Crippen LogP contribution is 2.29. The van der Waals surface area contributed by atoms with E-state index in [4.69, 9.17) is 4.74 Å². The number of hydrogen-bond acceptors (Lipinski definition) is 4. The van der Waals surface area contributed by atoms with Gasteiger partial charge < -0.3 is 4.74 Å². The van der Waals surface area contributed by atoms with Crippen LogP contribution in [0, 0.1) is 13.8 Å². The summed E-state index contributed by atoms with van der Waals surface area (Å²) in [7, 11) is 0. The van der Waals surface area contributed by atoms with Gasteiger partial charge in [-0.1, -0.05) is 54.1 Å². The molecule has 1 fully saturated rings. The normalized spacial score (nSPS) is 15.1. The molecule has 1 N–H and O–H groups in total. The van der Waals surface area contributed by atoms with Gasteiger partial charge in [-0.05, 0) is 70.7 Å². The van der Waals surface area contributed by atoms with Gasteiger partial charge in [0.25, 0.3) is 11.8 Å². The molecule has 4 rings (SSSR count). The summed E-state index contributed by atoms with van der Waals surface area (Å²) in [6, 6.07) is 19.6. The number of nitrogens with one attached hydrogen (secondary N) is 1. The van der Waals surface area contributed by atoms with E-state index in [0.717, 1.165) is 21.6 Å². The summed E-state index contributed by atoms with van der Waals surface area (Å²) in [6.45, 7) is 4.23. The number of halogens is 1. The van der Waals surface area contributed by atoms with E-state index in [1.165, 1.54) is 6.08 Å². The Labute approximate surface area is 200 Å². The SMILES string of the molecule is Cc1cccc(COc2ccc(/C=C3\C(=O)NC(=O)N(c4ccccc4C)C3=O)cc2Br)c1. The molecule has 3 aromatic carbocycles. The zero-order valence-corrected chi connectivity index (χ0v) is 19.7. The van der Waals surface area contributed by atoms with Crippen LogP contribution in [0.5, 0.6) is 5.75 Å². The van der Waals surface area contributed by atoms with Crippen LogP contribution in [0.25, 0.3) is 6.08 Å². The second kappa shape index (κ2) is 9.42. The number of rotatable bonds is 5. The van der Waals surface area contributed by atoms with Crippen molar-refractivity contribution in [1.29, 1.82) is 0 Å². The number of urea groups is 1. The van der Waals surface area contributed by atoms with Crippen molar-refractivity contribution in [2.75, 3.05) is 4.90 Å². The molecule has 6 nitrogen and oxygen atoms in total. The molecular weight excluding hydrogens is 484 g/mol. The van der Waals surface area contributed by atoms with E-state index in [1.54, 1.807) is 43.3 Å². The third-order valence-corrected chi connectivity index (χ3v) is 5.82. The summed E-state index contributed by atoms with van der Waals surface area (Å²) >= 11 is 3.49. The van der Waals surface area contributed by atoms with E-state index in [0.29, 0.717) is 28.1 Å². The standard InChI is InChI=1S/C26H21BrN2O4/c1-16-6-5-8-19(12-16)15-33-23-11-10-18(14-21(23)27)13-20-24(30)28-26(32)29(25(20)31)22-9-4-3-7-17(22)2/h3-14H,15H2,1-2H3,(H,28,30,32)/b20-13+. The Kier molecular flexibility index (Phi) is 6.42. The van der Waals surface area contributed by atoms with Gasteiger partial charge in [0.15, 0.2) is 0 Å². The number of amides is 4. The monoisotopic (exact) mass is 504 g/mol. The number of benzene rings is 3. The summed E-state index contributed by atoms with van der Waals surface area (Å²) in [5, 5.41) is 2.25. The number of anilines is 1. The molecule has 0 unspecified atom stereocenters. The molecule has 4 amide bonds. The van der Waals surface area contributed by atoms with Crippen molar-refractivity contribution in [3.8, 4) is 5.75 Å². The molecule has 1 aliphatic heterocycles. The fraction of sp³-hybridized carbons (Fsp3) is 0.115. The van der Waals surface area contributed by atoms with Crippen LogP contribution < -0.4 is 15.0 Å². The number of imide groups is 2. The number of carbonyl (C=O) groups excluding carboxylic acids is 3. The molecule has 0 aliphatic carbocycles. The van der Waals surface area contributed by atoms with Crippen LogP contribution in [-0.4, -0.2) is 17.8 Å². The van der Waals surface area contributed by atoms with Crippen molar-refractivity contribution >= 4 is 45.5 Å². The third kappa shape index (κ3) is 4.88. The maximum Gasteiger partial charge on any atom is 0.335 e. The molecule has 3 aromatic rings. The topological polar surface area (TPSA) is 75.7 Å². The predicted molar refractivity (Wildman–Crippen MR) is 130 cm³/mol. The van der Waals surface area contributed by atoms with Crippen molar-refractivity contribution in [3.05, 3.63) is 99.0 Å². The van der Waals surface area contributed by atoms with Gasteiger partial charge in [0.05, 0.1) is 10.2 Å². The maximum absolute atomic E-state index is 13.1. The van der Waals surface area contributed by atoms with Gasteiger partial charge in [-0.25, -0.2) is 9.69 Å². The second-order valence-corrected chi connectivity index (χ2v) is 8.57. The highest BCUT2D eigenvalue weighted by Gasteiger charge is 2.37. The van der Waals surface area contributed by atoms with Crippen molar-refractivity contribution in [2.24, 2.45) is 0 Å². The average molecular weight is 505 g/mol. The Morgan fingerprint density at radius 2 is 1.76 bits per heavy atom. The number of hydrogen-bond donors (Lipinski definition) is 1. The summed E-state index contributed by atoms with van der Waals surface area (Å²) in [5.41, 5.74) is 3.87. The van der Waals surface area contributed by atoms with Crippen molar-refractivity contribution in [1.82, 2.24) is 5.32 Å². The van der Waals surface area contributed by atoms with E-state index in [1.807, 2.05) is 31.2 Å². The lowest BCUT2D eigenvalue weighted by Crippen LogP contribution is -2.54. The van der Waals surface area contributed by atoms with E-state index in [9.17, 15) is 14.4 Å². The molecule has 1 aliphatic rings. The zero-order valence-electron chi connectivity index (χ0n) is 18.1. The summed E-state index contributed by atoms with van der Waals surface area (Å²) in [5.74, 6) is -0.769. The Morgan fingerprint density at radius 3 is 2.48 bits per heavy atom. The fourth-order valence-electron chi connectivity index (χ4n) is 3.54. The Hall–Kier alpha value is -3.71. The van der Waals surface area contributed by atoms with Crippen LogP contribution in [-0.2, 0) is 16.2 Å². The summed E-state index contributed by atoms with van der Waals surface area (Å²) in [4.78, 5) is 38.9. The third-order valence-electron chi connectivity index (χ3n) is 5.20. The van der Waals surface area contributed by atoms with Crippen LogP contribution in [0.2, 0.25) is 0 Å². The molecule has 0 radical (unpaired) electrons. The highest BCUT2D eigenvalue weighted by molar-refractivity contribution is 9.10. The quantitative estimate of drug-likeness (QED) is 0.377. The lowest BCUT2D eigenvalue weighted by atomic mass is 10.1. The molecule has 0 bridgehead atoms. The highest BCUT2D eigenvalue weighted by atomic mass is 79.9. The number of ether oxygens (including phenoxy) is 1. The maximum atomic E-state index is 13.1. The van der Waals surface area contributed by atoms with Crippen molar-refractivity contribution in [3.63, 3.8) is 0 Å². The van der Waals surface area contributed by atoms with Gasteiger partial charge in [0, 0.05) is 0 Å². The lowest BCUT2D eigenvalue weighted by molar-refractivity contribution is -0.122. The van der Waals surface area contributed by atoms with Gasteiger partial charge in [-0.3, -0.25) is 14.9 Å². The Morgan fingerprint density at radius 1 is 0.970 bits per heavy atom. The Balaban J connectivity index is 1.57. The van der Waals surface area contributed by atoms with Gasteiger partial charge in [-0.2, -0.15) is 0 Å². The Bertz CT molecular complexity index is 1300. The van der Waals surface area contributed by atoms with Gasteiger partial charge in [-0.15, -0.1) is 0 Å². The first-order valence-corrected chi connectivity index (χ1v) is 11.1. The molecule has 0 atom stereocenters. The second-order valence-electron chi connectivity index (χ2n) is 7.71. The van der Waals surface area contributed by atoms with E-state index < -0.39 is 17.8 Å². The van der Waals surface area contributed by atoms with Crippen LogP contribution in [0.1, 0.15) is 22.3 Å². The smallest absolute Gasteiger partial charge is 0.335 e. The molecule has 0 saturated carbocycles. The summed E-state index contributed by atoms with van der Waals surface area (Å²) in [6.07, 6.45) is 1.46. The molecule has 33 heavy (non-hydrogen) atoms. The van der Waals surface area contributed by atoms with E-state index >= 15 is 0 Å². The fourth-order valence-corrected chi connectivity index (χ4v) is 4.06. The number of nitrogens with zero attached hydrogens (tertiary/aromatic N) is 1. The van der Waals surface area contributed by atoms with Crippen molar-refractivity contribution < 1.29 is 19.1 Å².